The van der Waals surface area contributed by atoms with Crippen LogP contribution in [0.4, 0.5) is 5.69 Å². The van der Waals surface area contributed by atoms with Crippen molar-refractivity contribution < 1.29 is 14.3 Å². The van der Waals surface area contributed by atoms with Gasteiger partial charge in [0.05, 0.1) is 5.69 Å². The Balaban J connectivity index is 1.82. The predicted octanol–water partition coefficient (Wildman–Crippen LogP) is 0.828. The van der Waals surface area contributed by atoms with Crippen molar-refractivity contribution in [2.45, 2.75) is 13.5 Å². The van der Waals surface area contributed by atoms with Gasteiger partial charge in [0, 0.05) is 7.05 Å². The average Bonchev–Trinajstić information content (AvgIpc) is 2.76. The molecule has 0 saturated carbocycles. The van der Waals surface area contributed by atoms with Gasteiger partial charge in [-0.15, -0.1) is 10.2 Å². The van der Waals surface area contributed by atoms with Crippen LogP contribution in [0.15, 0.2) is 24.3 Å². The van der Waals surface area contributed by atoms with Crippen molar-refractivity contribution in [3.63, 3.8) is 0 Å². The molecular weight excluding hydrogens is 260 g/mol. The molecule has 2 aromatic rings. The van der Waals surface area contributed by atoms with Crippen molar-refractivity contribution in [2.24, 2.45) is 7.05 Å². The molecule has 0 radical (unpaired) electrons. The van der Waals surface area contributed by atoms with Crippen LogP contribution in [-0.4, -0.2) is 27.3 Å². The van der Waals surface area contributed by atoms with E-state index in [1.54, 1.807) is 35.9 Å². The number of anilines is 1. The maximum Gasteiger partial charge on any atom is 0.344 e. The average molecular weight is 276 g/mol. The lowest BCUT2D eigenvalue weighted by atomic mass is 10.3. The van der Waals surface area contributed by atoms with Gasteiger partial charge in [0.25, 0.3) is 0 Å². The van der Waals surface area contributed by atoms with Crippen molar-refractivity contribution in [3.05, 3.63) is 35.9 Å². The van der Waals surface area contributed by atoms with E-state index >= 15 is 0 Å². The Morgan fingerprint density at radius 1 is 1.35 bits per heavy atom. The third-order valence-electron chi connectivity index (χ3n) is 2.81. The van der Waals surface area contributed by atoms with Crippen LogP contribution in [0.25, 0.3) is 0 Å². The molecule has 1 heterocycles. The van der Waals surface area contributed by atoms with Crippen molar-refractivity contribution in [1.29, 1.82) is 0 Å². The summed E-state index contributed by atoms with van der Waals surface area (Å²) in [6.45, 7) is 1.68. The number of esters is 1. The SMILES string of the molecule is Cc1nnc(COC(=O)COc2ccccc2N)n1C. The largest absolute Gasteiger partial charge is 0.480 e. The van der Waals surface area contributed by atoms with Crippen molar-refractivity contribution in [1.82, 2.24) is 14.8 Å². The Morgan fingerprint density at radius 3 is 2.75 bits per heavy atom. The Labute approximate surface area is 116 Å². The predicted molar refractivity (Wildman–Crippen MR) is 71.9 cm³/mol. The number of ether oxygens (including phenoxy) is 2. The number of nitrogens with two attached hydrogens (primary N) is 1. The number of hydrogen-bond donors (Lipinski definition) is 1. The second-order valence-electron chi connectivity index (χ2n) is 4.21. The van der Waals surface area contributed by atoms with Gasteiger partial charge in [0.1, 0.15) is 11.6 Å². The maximum absolute atomic E-state index is 11.6. The Kier molecular flexibility index (Phi) is 4.19. The highest BCUT2D eigenvalue weighted by atomic mass is 16.6. The third-order valence-corrected chi connectivity index (χ3v) is 2.81. The van der Waals surface area contributed by atoms with Gasteiger partial charge in [-0.2, -0.15) is 0 Å². The van der Waals surface area contributed by atoms with Gasteiger partial charge in [-0.25, -0.2) is 4.79 Å². The Bertz CT molecular complexity index is 609. The van der Waals surface area contributed by atoms with E-state index in [2.05, 4.69) is 10.2 Å². The summed E-state index contributed by atoms with van der Waals surface area (Å²) in [7, 11) is 1.81. The molecule has 2 N–H and O–H groups in total. The molecule has 106 valence electrons. The number of aryl methyl sites for hydroxylation is 1. The second kappa shape index (κ2) is 6.05. The molecule has 7 nitrogen and oxygen atoms in total. The smallest absolute Gasteiger partial charge is 0.344 e. The summed E-state index contributed by atoms with van der Waals surface area (Å²) >= 11 is 0. The molecule has 1 aromatic heterocycles. The first-order valence-corrected chi connectivity index (χ1v) is 6.05. The van der Waals surface area contributed by atoms with Crippen LogP contribution in [-0.2, 0) is 23.2 Å². The second-order valence-corrected chi connectivity index (χ2v) is 4.21. The molecule has 0 aliphatic carbocycles. The quantitative estimate of drug-likeness (QED) is 0.642. The van der Waals surface area contributed by atoms with E-state index in [4.69, 9.17) is 15.2 Å². The summed E-state index contributed by atoms with van der Waals surface area (Å²) in [6.07, 6.45) is 0. The highest BCUT2D eigenvalue weighted by Gasteiger charge is 2.10. The lowest BCUT2D eigenvalue weighted by Gasteiger charge is -2.08. The van der Waals surface area contributed by atoms with Crippen molar-refractivity contribution >= 4 is 11.7 Å². The van der Waals surface area contributed by atoms with Gasteiger partial charge >= 0.3 is 5.97 Å². The molecule has 0 spiro atoms. The summed E-state index contributed by atoms with van der Waals surface area (Å²) in [4.78, 5) is 11.6. The number of hydrogen-bond acceptors (Lipinski definition) is 6. The zero-order chi connectivity index (χ0) is 14.5. The van der Waals surface area contributed by atoms with Gasteiger partial charge in [0.2, 0.25) is 0 Å². The molecule has 1 aromatic carbocycles. The summed E-state index contributed by atoms with van der Waals surface area (Å²) in [5.74, 6) is 1.30. The van der Waals surface area contributed by atoms with E-state index in [0.29, 0.717) is 17.3 Å². The standard InChI is InChI=1S/C13H16N4O3/c1-9-15-16-12(17(9)2)7-20-13(18)8-19-11-6-4-3-5-10(11)14/h3-6H,7-8,14H2,1-2H3. The molecule has 20 heavy (non-hydrogen) atoms. The van der Waals surface area contributed by atoms with Crippen molar-refractivity contribution in [2.75, 3.05) is 12.3 Å². The van der Waals surface area contributed by atoms with E-state index in [-0.39, 0.29) is 13.2 Å². The first-order chi connectivity index (χ1) is 9.58. The molecule has 0 fully saturated rings. The van der Waals surface area contributed by atoms with E-state index in [1.165, 1.54) is 0 Å². The molecule has 0 bridgehead atoms. The first-order valence-electron chi connectivity index (χ1n) is 6.05. The van der Waals surface area contributed by atoms with Crippen molar-refractivity contribution in [3.8, 4) is 5.75 Å². The summed E-state index contributed by atoms with van der Waals surface area (Å²) in [6, 6.07) is 6.95. The number of benzene rings is 1. The number of nitrogen functional groups attached to an aromatic ring is 1. The van der Waals surface area contributed by atoms with E-state index in [9.17, 15) is 4.79 Å². The number of nitrogens with zero attached hydrogens (tertiary/aromatic N) is 3. The number of aromatic nitrogens is 3. The molecule has 0 aliphatic rings. The molecule has 0 atom stereocenters. The van der Waals surface area contributed by atoms with Gasteiger partial charge in [-0.05, 0) is 19.1 Å². The maximum atomic E-state index is 11.6. The Morgan fingerprint density at radius 2 is 2.10 bits per heavy atom. The first kappa shape index (κ1) is 13.9. The van der Waals surface area contributed by atoms with Gasteiger partial charge in [0.15, 0.2) is 19.0 Å². The normalized spacial score (nSPS) is 10.3. The van der Waals surface area contributed by atoms with E-state index in [1.807, 2.05) is 6.92 Å². The molecule has 0 amide bonds. The molecule has 0 aliphatic heterocycles. The van der Waals surface area contributed by atoms with Gasteiger partial charge < -0.3 is 19.8 Å². The molecular formula is C13H16N4O3. The molecule has 7 heteroatoms. The Hall–Kier alpha value is -2.57. The van der Waals surface area contributed by atoms with Crippen LogP contribution in [0, 0.1) is 6.92 Å². The van der Waals surface area contributed by atoms with Crippen LogP contribution >= 0.6 is 0 Å². The van der Waals surface area contributed by atoms with Crippen LogP contribution in [0.1, 0.15) is 11.6 Å². The monoisotopic (exact) mass is 276 g/mol. The lowest BCUT2D eigenvalue weighted by Crippen LogP contribution is -2.16. The minimum Gasteiger partial charge on any atom is -0.480 e. The topological polar surface area (TPSA) is 92.3 Å². The number of carbonyl (C=O) groups excluding carboxylic acids is 1. The van der Waals surface area contributed by atoms with Gasteiger partial charge in [-0.1, -0.05) is 12.1 Å². The number of carbonyl (C=O) groups is 1. The fourth-order valence-electron chi connectivity index (χ4n) is 1.51. The van der Waals surface area contributed by atoms with E-state index < -0.39 is 5.97 Å². The van der Waals surface area contributed by atoms with Gasteiger partial charge in [-0.3, -0.25) is 0 Å². The molecule has 0 unspecified atom stereocenters. The zero-order valence-corrected chi connectivity index (χ0v) is 11.4. The summed E-state index contributed by atoms with van der Waals surface area (Å²) in [5, 5.41) is 7.77. The fraction of sp³-hybridized carbons (Fsp3) is 0.308. The van der Waals surface area contributed by atoms with Crippen LogP contribution in [0.3, 0.4) is 0 Å². The fourth-order valence-corrected chi connectivity index (χ4v) is 1.51. The highest BCUT2D eigenvalue weighted by molar-refractivity contribution is 5.71. The highest BCUT2D eigenvalue weighted by Crippen LogP contribution is 2.19. The van der Waals surface area contributed by atoms with E-state index in [0.717, 1.165) is 5.82 Å². The minimum absolute atomic E-state index is 0.0593. The van der Waals surface area contributed by atoms with Crippen LogP contribution in [0.5, 0.6) is 5.75 Å². The minimum atomic E-state index is -0.492. The third kappa shape index (κ3) is 3.25. The molecule has 2 rings (SSSR count). The summed E-state index contributed by atoms with van der Waals surface area (Å²) < 4.78 is 12.1. The lowest BCUT2D eigenvalue weighted by molar-refractivity contribution is -0.147. The molecule has 0 saturated heterocycles. The zero-order valence-electron chi connectivity index (χ0n) is 11.4. The van der Waals surface area contributed by atoms with Crippen LogP contribution in [0.2, 0.25) is 0 Å². The number of rotatable bonds is 5. The number of para-hydroxylation sites is 2. The van der Waals surface area contributed by atoms with Crippen LogP contribution < -0.4 is 10.5 Å². The summed E-state index contributed by atoms with van der Waals surface area (Å²) in [5.41, 5.74) is 6.17.